The van der Waals surface area contributed by atoms with Gasteiger partial charge in [-0.2, -0.15) is 0 Å². The van der Waals surface area contributed by atoms with E-state index in [9.17, 15) is 34.8 Å². The fourth-order valence-electron chi connectivity index (χ4n) is 6.67. The third kappa shape index (κ3) is 3.94. The number of rotatable bonds is 5. The lowest BCUT2D eigenvalue weighted by molar-refractivity contribution is -0.153. The third-order valence-corrected chi connectivity index (χ3v) is 8.37. The molecule has 1 amide bonds. The molecule has 40 heavy (non-hydrogen) atoms. The van der Waals surface area contributed by atoms with E-state index < -0.39 is 58.0 Å². The van der Waals surface area contributed by atoms with Gasteiger partial charge in [-0.3, -0.25) is 19.3 Å². The Bertz CT molecular complexity index is 1510. The fourth-order valence-corrected chi connectivity index (χ4v) is 6.67. The molecule has 210 valence electrons. The Morgan fingerprint density at radius 3 is 2.25 bits per heavy atom. The Balaban J connectivity index is 1.67. The van der Waals surface area contributed by atoms with Gasteiger partial charge in [0.1, 0.15) is 22.8 Å². The molecule has 0 aliphatic heterocycles. The van der Waals surface area contributed by atoms with Crippen LogP contribution in [0, 0.1) is 11.8 Å². The van der Waals surface area contributed by atoms with Crippen LogP contribution in [0.4, 0.5) is 0 Å². The maximum absolute atomic E-state index is 14.0. The van der Waals surface area contributed by atoms with Crippen molar-refractivity contribution >= 4 is 23.2 Å². The van der Waals surface area contributed by atoms with E-state index in [0.717, 1.165) is 23.2 Å². The number of nitrogens with zero attached hydrogens (tertiary/aromatic N) is 2. The standard InChI is InChI=1S/C30H33N3O7/c1-32(2)13-14-5-7-15(8-6-14)17-9-10-20(34)22-18(17)11-16-12-19-24(33(3)4)26(36)23(29(31)39)28(38)30(19,40)27(37)21(16)25(22)35/h5-10,16,19,24,34-35,38,40H,11-13H2,1-4H3,(H2,31,39)/t16-,19-,24?,30-/m0/s1. The summed E-state index contributed by atoms with van der Waals surface area (Å²) in [6.45, 7) is 0.764. The maximum Gasteiger partial charge on any atom is 0.255 e. The number of primary amides is 1. The predicted molar refractivity (Wildman–Crippen MR) is 147 cm³/mol. The summed E-state index contributed by atoms with van der Waals surface area (Å²) in [5.41, 5.74) is 5.17. The highest BCUT2D eigenvalue weighted by atomic mass is 16.3. The van der Waals surface area contributed by atoms with Gasteiger partial charge in [-0.25, -0.2) is 0 Å². The van der Waals surface area contributed by atoms with E-state index in [4.69, 9.17) is 5.73 Å². The van der Waals surface area contributed by atoms with E-state index in [-0.39, 0.29) is 29.7 Å². The van der Waals surface area contributed by atoms with Gasteiger partial charge in [0.15, 0.2) is 11.4 Å². The van der Waals surface area contributed by atoms with Crippen molar-refractivity contribution in [3.8, 4) is 16.9 Å². The van der Waals surface area contributed by atoms with Crippen LogP contribution in [0.2, 0.25) is 0 Å². The number of phenolic OH excluding ortho intramolecular Hbond substituents is 1. The summed E-state index contributed by atoms with van der Waals surface area (Å²) >= 11 is 0. The Hall–Kier alpha value is -3.99. The highest BCUT2D eigenvalue weighted by Crippen LogP contribution is 2.53. The molecule has 4 atom stereocenters. The van der Waals surface area contributed by atoms with Crippen LogP contribution in [-0.2, 0) is 27.3 Å². The molecule has 0 aromatic heterocycles. The summed E-state index contributed by atoms with van der Waals surface area (Å²) < 4.78 is 0. The lowest BCUT2D eigenvalue weighted by Gasteiger charge is -2.50. The van der Waals surface area contributed by atoms with Gasteiger partial charge >= 0.3 is 0 Å². The van der Waals surface area contributed by atoms with Crippen molar-refractivity contribution in [1.82, 2.24) is 9.80 Å². The molecule has 1 unspecified atom stereocenters. The van der Waals surface area contributed by atoms with Gasteiger partial charge in [-0.05, 0) is 75.3 Å². The van der Waals surface area contributed by atoms with E-state index in [1.807, 2.05) is 38.4 Å². The molecule has 0 heterocycles. The molecular formula is C30H33N3O7. The molecule has 1 fully saturated rings. The molecule has 3 aliphatic rings. The van der Waals surface area contributed by atoms with E-state index in [1.54, 1.807) is 20.2 Å². The smallest absolute Gasteiger partial charge is 0.255 e. The Kier molecular flexibility index (Phi) is 6.60. The van der Waals surface area contributed by atoms with E-state index in [1.165, 1.54) is 11.0 Å². The largest absolute Gasteiger partial charge is 0.508 e. The summed E-state index contributed by atoms with van der Waals surface area (Å²) in [4.78, 5) is 42.8. The van der Waals surface area contributed by atoms with E-state index in [0.29, 0.717) is 5.56 Å². The van der Waals surface area contributed by atoms with Crippen LogP contribution < -0.4 is 5.73 Å². The van der Waals surface area contributed by atoms with Gasteiger partial charge < -0.3 is 31.1 Å². The number of fused-ring (bicyclic) bond motifs is 3. The summed E-state index contributed by atoms with van der Waals surface area (Å²) in [7, 11) is 7.11. The number of likely N-dealkylation sites (N-methyl/N-ethyl adjacent to an activating group) is 1. The zero-order chi connectivity index (χ0) is 29.3. The molecule has 1 saturated carbocycles. The number of amides is 1. The lowest BCUT2D eigenvalue weighted by atomic mass is 9.57. The fraction of sp³-hybridized carbons (Fsp3) is 0.367. The minimum absolute atomic E-state index is 0.0443. The van der Waals surface area contributed by atoms with Gasteiger partial charge in [0.05, 0.1) is 11.6 Å². The van der Waals surface area contributed by atoms with Crippen molar-refractivity contribution in [2.75, 3.05) is 28.2 Å². The van der Waals surface area contributed by atoms with Gasteiger partial charge in [-0.1, -0.05) is 30.3 Å². The number of aliphatic hydroxyl groups excluding tert-OH is 2. The summed E-state index contributed by atoms with van der Waals surface area (Å²) in [5, 5.41) is 44.9. The van der Waals surface area contributed by atoms with Crippen LogP contribution >= 0.6 is 0 Å². The van der Waals surface area contributed by atoms with Gasteiger partial charge in [0.2, 0.25) is 5.78 Å². The number of carbonyl (C=O) groups is 3. The number of benzene rings is 2. The number of ketones is 2. The van der Waals surface area contributed by atoms with E-state index in [2.05, 4.69) is 4.90 Å². The van der Waals surface area contributed by atoms with Crippen LogP contribution in [0.1, 0.15) is 23.1 Å². The molecule has 3 aliphatic carbocycles. The quantitative estimate of drug-likeness (QED) is 0.350. The predicted octanol–water partition coefficient (Wildman–Crippen LogP) is 1.69. The van der Waals surface area contributed by atoms with Crippen LogP contribution in [0.5, 0.6) is 5.75 Å². The van der Waals surface area contributed by atoms with Gasteiger partial charge in [0, 0.05) is 18.0 Å². The van der Waals surface area contributed by atoms with Crippen molar-refractivity contribution in [2.24, 2.45) is 17.6 Å². The molecule has 6 N–H and O–H groups in total. The number of hydrogen-bond donors (Lipinski definition) is 5. The Labute approximate surface area is 231 Å². The molecular weight excluding hydrogens is 514 g/mol. The number of hydrogen-bond acceptors (Lipinski definition) is 9. The van der Waals surface area contributed by atoms with E-state index >= 15 is 0 Å². The van der Waals surface area contributed by atoms with Gasteiger partial charge in [-0.15, -0.1) is 0 Å². The molecule has 5 rings (SSSR count). The molecule has 0 spiro atoms. The lowest BCUT2D eigenvalue weighted by Crippen LogP contribution is -2.65. The molecule has 10 heteroatoms. The molecule has 0 radical (unpaired) electrons. The highest BCUT2D eigenvalue weighted by Gasteiger charge is 2.64. The SMILES string of the molecule is CN(C)Cc1ccc(-c2ccc(O)c3c2C[C@H]2C[C@H]4C(N(C)C)C(=O)C(C(N)=O)=C(O)[C@@]4(O)C(=O)C2=C3O)cc1. The summed E-state index contributed by atoms with van der Waals surface area (Å²) in [6.07, 6.45) is 0.278. The topological polar surface area (TPSA) is 165 Å². The molecule has 0 bridgehead atoms. The number of aromatic hydroxyl groups is 1. The first kappa shape index (κ1) is 27.6. The minimum Gasteiger partial charge on any atom is -0.508 e. The van der Waals surface area contributed by atoms with Crippen LogP contribution in [0.25, 0.3) is 16.9 Å². The van der Waals surface area contributed by atoms with Crippen LogP contribution in [-0.4, -0.2) is 87.5 Å². The zero-order valence-corrected chi connectivity index (χ0v) is 22.8. The highest BCUT2D eigenvalue weighted by molar-refractivity contribution is 6.24. The van der Waals surface area contributed by atoms with Crippen LogP contribution in [0.3, 0.4) is 0 Å². The van der Waals surface area contributed by atoms with Gasteiger partial charge in [0.25, 0.3) is 5.91 Å². The second kappa shape index (κ2) is 9.58. The summed E-state index contributed by atoms with van der Waals surface area (Å²) in [6, 6.07) is 10.0. The molecule has 0 saturated heterocycles. The van der Waals surface area contributed by atoms with Crippen molar-refractivity contribution < 1.29 is 34.8 Å². The maximum atomic E-state index is 14.0. The third-order valence-electron chi connectivity index (χ3n) is 8.37. The first-order valence-electron chi connectivity index (χ1n) is 13.0. The first-order chi connectivity index (χ1) is 18.8. The minimum atomic E-state index is -2.65. The van der Waals surface area contributed by atoms with Crippen molar-refractivity contribution in [3.05, 3.63) is 70.0 Å². The average molecular weight is 548 g/mol. The van der Waals surface area contributed by atoms with Crippen molar-refractivity contribution in [2.45, 2.75) is 31.0 Å². The van der Waals surface area contributed by atoms with Crippen molar-refractivity contribution in [1.29, 1.82) is 0 Å². The monoisotopic (exact) mass is 547 g/mol. The molecule has 2 aromatic carbocycles. The zero-order valence-electron chi connectivity index (χ0n) is 22.8. The summed E-state index contributed by atoms with van der Waals surface area (Å²) in [5.74, 6) is -6.64. The second-order valence-corrected chi connectivity index (χ2v) is 11.4. The first-order valence-corrected chi connectivity index (χ1v) is 13.0. The number of Topliss-reactive ketones (excluding diaryl/α,β-unsaturated/α-hetero) is 2. The molecule has 2 aromatic rings. The number of phenols is 1. The number of nitrogens with two attached hydrogens (primary N) is 1. The second-order valence-electron chi connectivity index (χ2n) is 11.4. The number of aliphatic hydroxyl groups is 3. The van der Waals surface area contributed by atoms with Crippen LogP contribution in [0.15, 0.2) is 53.3 Å². The Morgan fingerprint density at radius 1 is 1.02 bits per heavy atom. The van der Waals surface area contributed by atoms with Crippen molar-refractivity contribution in [3.63, 3.8) is 0 Å². The average Bonchev–Trinajstić information content (AvgIpc) is 2.86. The Morgan fingerprint density at radius 2 is 1.68 bits per heavy atom. The number of carbonyl (C=O) groups excluding carboxylic acids is 3. The molecule has 10 nitrogen and oxygen atoms in total. The normalized spacial score (nSPS) is 26.2.